The Morgan fingerprint density at radius 3 is 2.48 bits per heavy atom. The van der Waals surface area contributed by atoms with Crippen molar-refractivity contribution in [3.8, 4) is 0 Å². The van der Waals surface area contributed by atoms with Crippen LogP contribution in [0.5, 0.6) is 0 Å². The molecule has 1 saturated heterocycles. The summed E-state index contributed by atoms with van der Waals surface area (Å²) in [6, 6.07) is 13.0. The van der Waals surface area contributed by atoms with Gasteiger partial charge in [-0.05, 0) is 49.1 Å². The average molecular weight is 379 g/mol. The van der Waals surface area contributed by atoms with E-state index in [0.717, 1.165) is 29.9 Å². The summed E-state index contributed by atoms with van der Waals surface area (Å²) in [6.07, 6.45) is 2.36. The molecule has 0 aliphatic carbocycles. The van der Waals surface area contributed by atoms with Gasteiger partial charge in [-0.15, -0.1) is 0 Å². The number of anilines is 1. The Morgan fingerprint density at radius 1 is 1.12 bits per heavy atom. The molecule has 1 fully saturated rings. The summed E-state index contributed by atoms with van der Waals surface area (Å²) in [6.45, 7) is 4.26. The lowest BCUT2D eigenvalue weighted by Crippen LogP contribution is -2.28. The molecule has 0 spiro atoms. The van der Waals surface area contributed by atoms with E-state index in [4.69, 9.17) is 11.6 Å². The van der Waals surface area contributed by atoms with E-state index in [0.29, 0.717) is 6.54 Å². The standard InChI is InChI=1S/C19H23ClN2O2S/c1-15-9-10-19(17(20)13-15)25(23,24)21(2)14-16-7-3-4-8-18(16)22-11-5-6-12-22/h3-4,7-10,13H,5-6,11-12,14H2,1-2H3. The second kappa shape index (κ2) is 7.36. The molecule has 1 aliphatic rings. The van der Waals surface area contributed by atoms with E-state index in [9.17, 15) is 8.42 Å². The summed E-state index contributed by atoms with van der Waals surface area (Å²) in [5.41, 5.74) is 3.07. The van der Waals surface area contributed by atoms with E-state index in [2.05, 4.69) is 11.0 Å². The van der Waals surface area contributed by atoms with Crippen molar-refractivity contribution in [2.24, 2.45) is 0 Å². The van der Waals surface area contributed by atoms with Gasteiger partial charge in [-0.2, -0.15) is 4.31 Å². The molecule has 1 heterocycles. The molecular weight excluding hydrogens is 356 g/mol. The highest BCUT2D eigenvalue weighted by molar-refractivity contribution is 7.89. The third kappa shape index (κ3) is 3.84. The zero-order chi connectivity index (χ0) is 18.0. The van der Waals surface area contributed by atoms with Crippen molar-refractivity contribution in [1.82, 2.24) is 4.31 Å². The molecule has 3 rings (SSSR count). The Balaban J connectivity index is 1.88. The van der Waals surface area contributed by atoms with Crippen molar-refractivity contribution in [3.63, 3.8) is 0 Å². The van der Waals surface area contributed by atoms with Crippen LogP contribution in [0.3, 0.4) is 0 Å². The first kappa shape index (κ1) is 18.2. The molecule has 0 unspecified atom stereocenters. The summed E-state index contributed by atoms with van der Waals surface area (Å²) in [4.78, 5) is 2.48. The molecule has 1 aliphatic heterocycles. The molecule has 0 radical (unpaired) electrons. The smallest absolute Gasteiger partial charge is 0.244 e. The lowest BCUT2D eigenvalue weighted by atomic mass is 10.1. The summed E-state index contributed by atoms with van der Waals surface area (Å²) in [5.74, 6) is 0. The maximum Gasteiger partial charge on any atom is 0.244 e. The van der Waals surface area contributed by atoms with Gasteiger partial charge in [-0.25, -0.2) is 8.42 Å². The van der Waals surface area contributed by atoms with Crippen LogP contribution in [0.1, 0.15) is 24.0 Å². The van der Waals surface area contributed by atoms with Crippen LogP contribution in [0.15, 0.2) is 47.4 Å². The van der Waals surface area contributed by atoms with Crippen molar-refractivity contribution in [2.45, 2.75) is 31.2 Å². The van der Waals surface area contributed by atoms with E-state index in [1.165, 1.54) is 17.1 Å². The largest absolute Gasteiger partial charge is 0.371 e. The Labute approximate surface area is 155 Å². The molecule has 0 bridgehead atoms. The Hall–Kier alpha value is -1.56. The van der Waals surface area contributed by atoms with Crippen LogP contribution in [-0.4, -0.2) is 32.9 Å². The van der Waals surface area contributed by atoms with Gasteiger partial charge >= 0.3 is 0 Å². The molecular formula is C19H23ClN2O2S. The SMILES string of the molecule is Cc1ccc(S(=O)(=O)N(C)Cc2ccccc2N2CCCC2)c(Cl)c1. The maximum absolute atomic E-state index is 12.9. The highest BCUT2D eigenvalue weighted by atomic mass is 35.5. The lowest BCUT2D eigenvalue weighted by molar-refractivity contribution is 0.466. The predicted molar refractivity (Wildman–Crippen MR) is 103 cm³/mol. The first-order chi connectivity index (χ1) is 11.9. The third-order valence-corrected chi connectivity index (χ3v) is 6.89. The van der Waals surface area contributed by atoms with Gasteiger partial charge in [0.15, 0.2) is 0 Å². The normalized spacial score (nSPS) is 15.1. The number of sulfonamides is 1. The Morgan fingerprint density at radius 2 is 1.80 bits per heavy atom. The van der Waals surface area contributed by atoms with E-state index in [1.54, 1.807) is 25.2 Å². The van der Waals surface area contributed by atoms with Crippen LogP contribution in [0.2, 0.25) is 5.02 Å². The van der Waals surface area contributed by atoms with Gasteiger partial charge in [-0.3, -0.25) is 0 Å². The number of hydrogen-bond donors (Lipinski definition) is 0. The van der Waals surface area contributed by atoms with Gasteiger partial charge in [-0.1, -0.05) is 35.9 Å². The van der Waals surface area contributed by atoms with Crippen molar-refractivity contribution >= 4 is 27.3 Å². The molecule has 0 saturated carbocycles. The fraction of sp³-hybridized carbons (Fsp3) is 0.368. The van der Waals surface area contributed by atoms with Gasteiger partial charge in [0, 0.05) is 32.4 Å². The summed E-state index contributed by atoms with van der Waals surface area (Å²) >= 11 is 6.18. The molecule has 0 N–H and O–H groups in total. The summed E-state index contributed by atoms with van der Waals surface area (Å²) in [7, 11) is -2.04. The minimum Gasteiger partial charge on any atom is -0.371 e. The molecule has 0 atom stereocenters. The monoisotopic (exact) mass is 378 g/mol. The first-order valence-corrected chi connectivity index (χ1v) is 10.3. The number of hydrogen-bond acceptors (Lipinski definition) is 3. The number of para-hydroxylation sites is 1. The second-order valence-corrected chi connectivity index (χ2v) is 8.94. The summed E-state index contributed by atoms with van der Waals surface area (Å²) < 4.78 is 27.2. The number of aryl methyl sites for hydroxylation is 1. The van der Waals surface area contributed by atoms with Gasteiger partial charge in [0.25, 0.3) is 0 Å². The molecule has 134 valence electrons. The van der Waals surface area contributed by atoms with Crippen molar-refractivity contribution in [1.29, 1.82) is 0 Å². The third-order valence-electron chi connectivity index (χ3n) is 4.61. The zero-order valence-corrected chi connectivity index (χ0v) is 16.1. The minimum absolute atomic E-state index is 0.154. The maximum atomic E-state index is 12.9. The predicted octanol–water partition coefficient (Wildman–Crippen LogP) is 4.07. The number of benzene rings is 2. The molecule has 0 amide bonds. The Bertz CT molecular complexity index is 861. The Kier molecular flexibility index (Phi) is 5.37. The lowest BCUT2D eigenvalue weighted by Gasteiger charge is -2.24. The minimum atomic E-state index is -3.64. The molecule has 2 aromatic carbocycles. The molecule has 25 heavy (non-hydrogen) atoms. The fourth-order valence-corrected chi connectivity index (χ4v) is 4.94. The van der Waals surface area contributed by atoms with E-state index in [1.807, 2.05) is 25.1 Å². The van der Waals surface area contributed by atoms with Crippen LogP contribution in [0.25, 0.3) is 0 Å². The van der Waals surface area contributed by atoms with Crippen LogP contribution in [0.4, 0.5) is 5.69 Å². The number of nitrogens with zero attached hydrogens (tertiary/aromatic N) is 2. The first-order valence-electron chi connectivity index (χ1n) is 8.45. The fourth-order valence-electron chi connectivity index (χ4n) is 3.22. The van der Waals surface area contributed by atoms with E-state index >= 15 is 0 Å². The van der Waals surface area contributed by atoms with Crippen molar-refractivity contribution in [3.05, 3.63) is 58.6 Å². The summed E-state index contributed by atoms with van der Waals surface area (Å²) in [5, 5.41) is 0.264. The number of halogens is 1. The highest BCUT2D eigenvalue weighted by Crippen LogP contribution is 2.29. The van der Waals surface area contributed by atoms with Gasteiger partial charge in [0.1, 0.15) is 4.90 Å². The van der Waals surface area contributed by atoms with E-state index in [-0.39, 0.29) is 9.92 Å². The van der Waals surface area contributed by atoms with Crippen molar-refractivity contribution < 1.29 is 8.42 Å². The quantitative estimate of drug-likeness (QED) is 0.787. The second-order valence-electron chi connectivity index (χ2n) is 6.52. The topological polar surface area (TPSA) is 40.6 Å². The van der Waals surface area contributed by atoms with Gasteiger partial charge in [0.2, 0.25) is 10.0 Å². The molecule has 0 aromatic heterocycles. The van der Waals surface area contributed by atoms with Gasteiger partial charge < -0.3 is 4.90 Å². The van der Waals surface area contributed by atoms with Crippen LogP contribution >= 0.6 is 11.6 Å². The van der Waals surface area contributed by atoms with Crippen LogP contribution in [0, 0.1) is 6.92 Å². The molecule has 4 nitrogen and oxygen atoms in total. The average Bonchev–Trinajstić information content (AvgIpc) is 3.09. The number of rotatable bonds is 5. The molecule has 2 aromatic rings. The van der Waals surface area contributed by atoms with Crippen molar-refractivity contribution in [2.75, 3.05) is 25.0 Å². The van der Waals surface area contributed by atoms with Gasteiger partial charge in [0.05, 0.1) is 5.02 Å². The van der Waals surface area contributed by atoms with E-state index < -0.39 is 10.0 Å². The molecule has 6 heteroatoms. The zero-order valence-electron chi connectivity index (χ0n) is 14.6. The highest BCUT2D eigenvalue weighted by Gasteiger charge is 2.25. The van der Waals surface area contributed by atoms with Crippen LogP contribution in [-0.2, 0) is 16.6 Å². The van der Waals surface area contributed by atoms with Crippen LogP contribution < -0.4 is 4.90 Å².